The molecule has 0 spiro atoms. The van der Waals surface area contributed by atoms with Gasteiger partial charge in [0.05, 0.1) is 5.52 Å². The first-order valence-electron chi connectivity index (χ1n) is 6.20. The summed E-state index contributed by atoms with van der Waals surface area (Å²) in [4.78, 5) is 4.32. The summed E-state index contributed by atoms with van der Waals surface area (Å²) in [6.45, 7) is 0. The van der Waals surface area contributed by atoms with Crippen molar-refractivity contribution in [1.29, 1.82) is 0 Å². The molecule has 102 valence electrons. The SMILES string of the molecule is Fc1cc(F)c2nc(CCCl)n(C3CCSC3)c2c1. The largest absolute Gasteiger partial charge is 0.324 e. The molecule has 2 heterocycles. The van der Waals surface area contributed by atoms with Crippen molar-refractivity contribution in [3.05, 3.63) is 29.6 Å². The summed E-state index contributed by atoms with van der Waals surface area (Å²) >= 11 is 7.64. The van der Waals surface area contributed by atoms with Crippen molar-refractivity contribution in [2.24, 2.45) is 0 Å². The van der Waals surface area contributed by atoms with Crippen LogP contribution in [0.25, 0.3) is 11.0 Å². The van der Waals surface area contributed by atoms with Gasteiger partial charge >= 0.3 is 0 Å². The molecule has 0 bridgehead atoms. The van der Waals surface area contributed by atoms with E-state index in [0.717, 1.165) is 29.8 Å². The molecule has 1 aromatic carbocycles. The highest BCUT2D eigenvalue weighted by molar-refractivity contribution is 7.99. The van der Waals surface area contributed by atoms with E-state index in [-0.39, 0.29) is 11.6 Å². The molecule has 1 saturated heterocycles. The third-order valence-electron chi connectivity index (χ3n) is 3.38. The maximum absolute atomic E-state index is 13.8. The van der Waals surface area contributed by atoms with Crippen LogP contribution in [0.5, 0.6) is 0 Å². The smallest absolute Gasteiger partial charge is 0.153 e. The standard InChI is InChI=1S/C13H13ClF2N2S/c14-3-1-12-17-13-10(16)5-8(15)6-11(13)18(12)9-2-4-19-7-9/h5-6,9H,1-4,7H2. The van der Waals surface area contributed by atoms with Crippen molar-refractivity contribution >= 4 is 34.4 Å². The topological polar surface area (TPSA) is 17.8 Å². The van der Waals surface area contributed by atoms with Gasteiger partial charge in [0.1, 0.15) is 17.2 Å². The molecule has 0 radical (unpaired) electrons. The Hall–Kier alpha value is -0.810. The zero-order chi connectivity index (χ0) is 13.4. The van der Waals surface area contributed by atoms with E-state index < -0.39 is 11.6 Å². The predicted octanol–water partition coefficient (Wildman–Crippen LogP) is 3.77. The maximum Gasteiger partial charge on any atom is 0.153 e. The fourth-order valence-electron chi connectivity index (χ4n) is 2.56. The maximum atomic E-state index is 13.8. The fourth-order valence-corrected chi connectivity index (χ4v) is 3.92. The van der Waals surface area contributed by atoms with Gasteiger partial charge in [-0.25, -0.2) is 13.8 Å². The van der Waals surface area contributed by atoms with Gasteiger partial charge in [-0.2, -0.15) is 11.8 Å². The monoisotopic (exact) mass is 302 g/mol. The average molecular weight is 303 g/mol. The minimum Gasteiger partial charge on any atom is -0.324 e. The van der Waals surface area contributed by atoms with Crippen LogP contribution in [0.3, 0.4) is 0 Å². The van der Waals surface area contributed by atoms with Gasteiger partial charge in [-0.15, -0.1) is 11.6 Å². The predicted molar refractivity (Wildman–Crippen MR) is 75.1 cm³/mol. The first-order chi connectivity index (χ1) is 9.20. The number of thioether (sulfide) groups is 1. The molecule has 0 N–H and O–H groups in total. The number of aryl methyl sites for hydroxylation is 1. The van der Waals surface area contributed by atoms with Gasteiger partial charge in [0.25, 0.3) is 0 Å². The Morgan fingerprint density at radius 1 is 1.42 bits per heavy atom. The number of halogens is 3. The van der Waals surface area contributed by atoms with Crippen LogP contribution in [0.4, 0.5) is 8.78 Å². The molecule has 1 aliphatic rings. The fraction of sp³-hybridized carbons (Fsp3) is 0.462. The number of imidazole rings is 1. The van der Waals surface area contributed by atoms with Gasteiger partial charge in [-0.05, 0) is 18.2 Å². The second-order valence-corrected chi connectivity index (χ2v) is 6.14. The molecule has 0 saturated carbocycles. The van der Waals surface area contributed by atoms with E-state index in [4.69, 9.17) is 11.6 Å². The average Bonchev–Trinajstić information content (AvgIpc) is 2.96. The Morgan fingerprint density at radius 3 is 2.95 bits per heavy atom. The molecule has 19 heavy (non-hydrogen) atoms. The number of rotatable bonds is 3. The van der Waals surface area contributed by atoms with Gasteiger partial charge in [0, 0.05) is 30.2 Å². The zero-order valence-corrected chi connectivity index (χ0v) is 11.8. The Bertz CT molecular complexity index is 608. The van der Waals surface area contributed by atoms with Crippen molar-refractivity contribution in [3.63, 3.8) is 0 Å². The van der Waals surface area contributed by atoms with Gasteiger partial charge in [0.15, 0.2) is 5.82 Å². The molecule has 1 fully saturated rings. The quantitative estimate of drug-likeness (QED) is 0.803. The van der Waals surface area contributed by atoms with Gasteiger partial charge in [0.2, 0.25) is 0 Å². The highest BCUT2D eigenvalue weighted by atomic mass is 35.5. The summed E-state index contributed by atoms with van der Waals surface area (Å²) in [6.07, 6.45) is 1.57. The van der Waals surface area contributed by atoms with Crippen molar-refractivity contribution < 1.29 is 8.78 Å². The minimum absolute atomic E-state index is 0.249. The van der Waals surface area contributed by atoms with E-state index in [1.807, 2.05) is 16.3 Å². The van der Waals surface area contributed by atoms with Crippen LogP contribution in [0.2, 0.25) is 0 Å². The highest BCUT2D eigenvalue weighted by Crippen LogP contribution is 2.33. The molecule has 1 aromatic heterocycles. The van der Waals surface area contributed by atoms with Crippen LogP contribution in [-0.2, 0) is 6.42 Å². The summed E-state index contributed by atoms with van der Waals surface area (Å²) in [7, 11) is 0. The van der Waals surface area contributed by atoms with Crippen LogP contribution >= 0.6 is 23.4 Å². The molecule has 0 amide bonds. The van der Waals surface area contributed by atoms with Gasteiger partial charge in [-0.1, -0.05) is 0 Å². The molecular formula is C13H13ClF2N2S. The number of benzene rings is 1. The van der Waals surface area contributed by atoms with E-state index in [1.54, 1.807) is 0 Å². The van der Waals surface area contributed by atoms with E-state index in [2.05, 4.69) is 4.98 Å². The number of fused-ring (bicyclic) bond motifs is 1. The second kappa shape index (κ2) is 5.29. The number of hydrogen-bond acceptors (Lipinski definition) is 2. The molecule has 1 unspecified atom stereocenters. The molecule has 3 rings (SSSR count). The van der Waals surface area contributed by atoms with Crippen LogP contribution in [0.15, 0.2) is 12.1 Å². The Labute approximate surface area is 119 Å². The van der Waals surface area contributed by atoms with E-state index in [1.165, 1.54) is 6.07 Å². The Kier molecular flexibility index (Phi) is 3.67. The summed E-state index contributed by atoms with van der Waals surface area (Å²) in [5.41, 5.74) is 0.795. The first kappa shape index (κ1) is 13.2. The molecule has 1 aliphatic heterocycles. The summed E-state index contributed by atoms with van der Waals surface area (Å²) in [5.74, 6) is 2.04. The van der Waals surface area contributed by atoms with Crippen LogP contribution in [0.1, 0.15) is 18.3 Å². The number of nitrogens with zero attached hydrogens (tertiary/aromatic N) is 2. The molecule has 0 aliphatic carbocycles. The normalized spacial score (nSPS) is 19.4. The van der Waals surface area contributed by atoms with Crippen molar-refractivity contribution in [1.82, 2.24) is 9.55 Å². The van der Waals surface area contributed by atoms with Crippen molar-refractivity contribution in [2.45, 2.75) is 18.9 Å². The summed E-state index contributed by atoms with van der Waals surface area (Å²) < 4.78 is 29.2. The molecule has 2 nitrogen and oxygen atoms in total. The number of hydrogen-bond donors (Lipinski definition) is 0. The van der Waals surface area contributed by atoms with Gasteiger partial charge < -0.3 is 4.57 Å². The van der Waals surface area contributed by atoms with E-state index >= 15 is 0 Å². The van der Waals surface area contributed by atoms with Crippen LogP contribution < -0.4 is 0 Å². The summed E-state index contributed by atoms with van der Waals surface area (Å²) in [6, 6.07) is 2.51. The zero-order valence-electron chi connectivity index (χ0n) is 10.2. The minimum atomic E-state index is -0.602. The second-order valence-electron chi connectivity index (χ2n) is 4.61. The van der Waals surface area contributed by atoms with Crippen LogP contribution in [0, 0.1) is 11.6 Å². The van der Waals surface area contributed by atoms with Crippen molar-refractivity contribution in [2.75, 3.05) is 17.4 Å². The number of aromatic nitrogens is 2. The summed E-state index contributed by atoms with van der Waals surface area (Å²) in [5, 5.41) is 0. The molecule has 2 aromatic rings. The first-order valence-corrected chi connectivity index (χ1v) is 7.89. The van der Waals surface area contributed by atoms with Crippen molar-refractivity contribution in [3.8, 4) is 0 Å². The third kappa shape index (κ3) is 2.34. The van der Waals surface area contributed by atoms with Gasteiger partial charge in [-0.3, -0.25) is 0 Å². The van der Waals surface area contributed by atoms with Crippen LogP contribution in [-0.4, -0.2) is 26.9 Å². The lowest BCUT2D eigenvalue weighted by molar-refractivity contribution is 0.549. The molecule has 6 heteroatoms. The number of alkyl halides is 1. The lowest BCUT2D eigenvalue weighted by Crippen LogP contribution is -2.12. The highest BCUT2D eigenvalue weighted by Gasteiger charge is 2.24. The Morgan fingerprint density at radius 2 is 2.26 bits per heavy atom. The lowest BCUT2D eigenvalue weighted by atomic mass is 10.2. The molecular weight excluding hydrogens is 290 g/mol. The molecule has 1 atom stereocenters. The third-order valence-corrected chi connectivity index (χ3v) is 4.71. The lowest BCUT2D eigenvalue weighted by Gasteiger charge is -2.15. The van der Waals surface area contributed by atoms with E-state index in [0.29, 0.717) is 17.8 Å². The Balaban J connectivity index is 2.21. The van der Waals surface area contributed by atoms with E-state index in [9.17, 15) is 8.78 Å².